The summed E-state index contributed by atoms with van der Waals surface area (Å²) in [4.78, 5) is 28.5. The second-order valence-corrected chi connectivity index (χ2v) is 9.64. The van der Waals surface area contributed by atoms with E-state index in [9.17, 15) is 27.2 Å². The van der Waals surface area contributed by atoms with Crippen LogP contribution >= 0.6 is 11.8 Å². The second-order valence-electron chi connectivity index (χ2n) is 8.46. The molecular weight excluding hydrogens is 556 g/mol. The predicted molar refractivity (Wildman–Crippen MR) is 140 cm³/mol. The molecule has 1 unspecified atom stereocenters. The van der Waals surface area contributed by atoms with Gasteiger partial charge in [-0.15, -0.1) is 13.2 Å². The largest absolute Gasteiger partial charge is 0.573 e. The molecule has 2 aromatic rings. The molecule has 16 heteroatoms. The van der Waals surface area contributed by atoms with Crippen molar-refractivity contribution in [3.63, 3.8) is 0 Å². The van der Waals surface area contributed by atoms with E-state index in [-0.39, 0.29) is 29.1 Å². The lowest BCUT2D eigenvalue weighted by Gasteiger charge is -2.15. The Labute approximate surface area is 231 Å². The molecule has 3 rings (SSSR count). The third kappa shape index (κ3) is 10.6. The molecule has 0 bridgehead atoms. The van der Waals surface area contributed by atoms with E-state index in [0.29, 0.717) is 31.5 Å². The van der Waals surface area contributed by atoms with Gasteiger partial charge < -0.3 is 26.1 Å². The number of unbranched alkanes of at least 4 members (excludes halogenated alkanes) is 1. The number of amides is 2. The third-order valence-electron chi connectivity index (χ3n) is 5.23. The molecule has 0 spiro atoms. The first kappa shape index (κ1) is 30.5. The normalized spacial score (nSPS) is 15.2. The molecule has 1 aliphatic rings. The van der Waals surface area contributed by atoms with Gasteiger partial charge in [0.25, 0.3) is 5.91 Å². The van der Waals surface area contributed by atoms with Gasteiger partial charge in [0.05, 0.1) is 11.5 Å². The Kier molecular flexibility index (Phi) is 11.0. The zero-order valence-electron chi connectivity index (χ0n) is 21.1. The van der Waals surface area contributed by atoms with Crippen molar-refractivity contribution in [1.29, 1.82) is 0 Å². The van der Waals surface area contributed by atoms with Crippen LogP contribution in [0, 0.1) is 5.82 Å². The number of aromatic nitrogens is 1. The summed E-state index contributed by atoms with van der Waals surface area (Å²) in [5.74, 6) is 3.47. The van der Waals surface area contributed by atoms with Gasteiger partial charge in [-0.05, 0) is 49.6 Å². The van der Waals surface area contributed by atoms with Gasteiger partial charge in [0.15, 0.2) is 5.50 Å². The van der Waals surface area contributed by atoms with Crippen molar-refractivity contribution in [3.05, 3.63) is 71.6 Å². The maximum atomic E-state index is 13.9. The fraction of sp³-hybridized carbons (Fsp3) is 0.333. The molecule has 0 radical (unpaired) electrons. The van der Waals surface area contributed by atoms with Crippen molar-refractivity contribution in [2.75, 3.05) is 6.54 Å². The maximum Gasteiger partial charge on any atom is 0.573 e. The van der Waals surface area contributed by atoms with Crippen molar-refractivity contribution in [1.82, 2.24) is 26.1 Å². The number of hydrogen-bond donors (Lipinski definition) is 5. The average Bonchev–Trinajstić information content (AvgIpc) is 3.33. The summed E-state index contributed by atoms with van der Waals surface area (Å²) in [5.41, 5.74) is 8.41. The number of alkyl halides is 3. The summed E-state index contributed by atoms with van der Waals surface area (Å²) in [7, 11) is 0. The molecule has 7 N–H and O–H groups in total. The fourth-order valence-corrected chi connectivity index (χ4v) is 4.33. The van der Waals surface area contributed by atoms with Crippen molar-refractivity contribution in [2.45, 2.75) is 44.1 Å². The number of hydrazone groups is 1. The first-order chi connectivity index (χ1) is 19.0. The van der Waals surface area contributed by atoms with E-state index < -0.39 is 30.4 Å². The molecule has 1 atom stereocenters. The number of hydrazine groups is 1. The van der Waals surface area contributed by atoms with Crippen LogP contribution in [0.4, 0.5) is 17.6 Å². The van der Waals surface area contributed by atoms with Gasteiger partial charge in [0.2, 0.25) is 5.91 Å². The topological polar surface area (TPSA) is 160 Å². The van der Waals surface area contributed by atoms with Crippen LogP contribution in [0.1, 0.15) is 30.5 Å². The van der Waals surface area contributed by atoms with Crippen LogP contribution in [0.5, 0.6) is 5.75 Å². The standard InChI is InChI=1S/C24H28F4N8O3S/c25-18-8-7-17(39-24(26,27)28)11-15(18)13-32-22(38)19(29)14-36(30)10-4-2-6-21-34-35-23(40-21)33-20(37)12-16-5-1-3-9-31-16/h1,3,5,7-9,11,14,23,35H,2,4,6,10,12-13,29-30H2,(H,32,38)(H,33,37)/b19-14-. The van der Waals surface area contributed by atoms with E-state index in [4.69, 9.17) is 11.6 Å². The summed E-state index contributed by atoms with van der Waals surface area (Å²) < 4.78 is 54.8. The minimum Gasteiger partial charge on any atom is -0.406 e. The number of benzene rings is 1. The van der Waals surface area contributed by atoms with Crippen molar-refractivity contribution < 1.29 is 31.9 Å². The van der Waals surface area contributed by atoms with Gasteiger partial charge >= 0.3 is 6.36 Å². The maximum absolute atomic E-state index is 13.9. The van der Waals surface area contributed by atoms with Crippen LogP contribution in [0.25, 0.3) is 0 Å². The van der Waals surface area contributed by atoms with Gasteiger partial charge in [-0.1, -0.05) is 17.8 Å². The van der Waals surface area contributed by atoms with E-state index >= 15 is 0 Å². The number of ether oxygens (including phenoxy) is 1. The summed E-state index contributed by atoms with van der Waals surface area (Å²) in [6, 6.07) is 7.82. The zero-order chi connectivity index (χ0) is 29.1. The zero-order valence-corrected chi connectivity index (χ0v) is 21.9. The molecule has 0 fully saturated rings. The number of hydrogen-bond acceptors (Lipinski definition) is 10. The molecule has 0 saturated heterocycles. The number of nitrogens with two attached hydrogens (primary N) is 2. The van der Waals surface area contributed by atoms with E-state index in [2.05, 4.69) is 30.9 Å². The molecule has 2 heterocycles. The lowest BCUT2D eigenvalue weighted by molar-refractivity contribution is -0.274. The fourth-order valence-electron chi connectivity index (χ4n) is 3.39. The first-order valence-corrected chi connectivity index (χ1v) is 12.9. The highest BCUT2D eigenvalue weighted by Gasteiger charge is 2.31. The van der Waals surface area contributed by atoms with E-state index in [1.807, 2.05) is 6.07 Å². The van der Waals surface area contributed by atoms with Crippen LogP contribution < -0.4 is 32.4 Å². The highest BCUT2D eigenvalue weighted by atomic mass is 32.2. The van der Waals surface area contributed by atoms with Crippen molar-refractivity contribution >= 4 is 28.6 Å². The van der Waals surface area contributed by atoms with E-state index in [1.165, 1.54) is 23.0 Å². The van der Waals surface area contributed by atoms with Crippen LogP contribution in [-0.2, 0) is 22.6 Å². The Morgan fingerprint density at radius 2 is 2.02 bits per heavy atom. The SMILES string of the molecule is N/C(=C\N(N)CCCCC1=NNC(NC(=O)Cc2ccccn2)S1)C(=O)NCc1cc(OC(F)(F)F)ccc1F. The minimum absolute atomic E-state index is 0.164. The molecule has 1 aromatic carbocycles. The summed E-state index contributed by atoms with van der Waals surface area (Å²) in [6.07, 6.45) is 0.0426. The number of rotatable bonds is 13. The molecular formula is C24H28F4N8O3S. The summed E-state index contributed by atoms with van der Waals surface area (Å²) in [5, 5.41) is 11.4. The number of nitrogens with zero attached hydrogens (tertiary/aromatic N) is 3. The number of halogens is 4. The number of nitrogens with one attached hydrogen (secondary N) is 3. The Hall–Kier alpha value is -4.05. The quantitative estimate of drug-likeness (QED) is 0.0782. The Morgan fingerprint density at radius 3 is 2.75 bits per heavy atom. The summed E-state index contributed by atoms with van der Waals surface area (Å²) >= 11 is 1.40. The van der Waals surface area contributed by atoms with Crippen LogP contribution in [-0.4, -0.2) is 45.3 Å². The Balaban J connectivity index is 1.33. The lowest BCUT2D eigenvalue weighted by Crippen LogP contribution is -2.39. The van der Waals surface area contributed by atoms with Crippen molar-refractivity contribution in [3.8, 4) is 5.75 Å². The first-order valence-electron chi connectivity index (χ1n) is 12.0. The minimum atomic E-state index is -4.93. The molecule has 2 amide bonds. The lowest BCUT2D eigenvalue weighted by atomic mass is 10.2. The molecule has 11 nitrogen and oxygen atoms in total. The molecule has 216 valence electrons. The molecule has 0 saturated carbocycles. The van der Waals surface area contributed by atoms with Crippen LogP contribution in [0.2, 0.25) is 0 Å². The van der Waals surface area contributed by atoms with Gasteiger partial charge in [-0.2, -0.15) is 5.10 Å². The van der Waals surface area contributed by atoms with Gasteiger partial charge in [-0.3, -0.25) is 20.0 Å². The highest BCUT2D eigenvalue weighted by Crippen LogP contribution is 2.24. The van der Waals surface area contributed by atoms with Crippen LogP contribution in [0.3, 0.4) is 0 Å². The highest BCUT2D eigenvalue weighted by molar-refractivity contribution is 8.14. The van der Waals surface area contributed by atoms with E-state index in [0.717, 1.165) is 23.2 Å². The number of thioether (sulfide) groups is 1. The number of carbonyl (C=O) groups is 2. The number of pyridine rings is 1. The third-order valence-corrected chi connectivity index (χ3v) is 6.26. The molecule has 1 aromatic heterocycles. The van der Waals surface area contributed by atoms with Crippen molar-refractivity contribution in [2.24, 2.45) is 16.7 Å². The van der Waals surface area contributed by atoms with Gasteiger partial charge in [0.1, 0.15) is 17.3 Å². The second kappa shape index (κ2) is 14.4. The predicted octanol–water partition coefficient (Wildman–Crippen LogP) is 2.17. The average molecular weight is 585 g/mol. The Bertz CT molecular complexity index is 1230. The van der Waals surface area contributed by atoms with Gasteiger partial charge in [-0.25, -0.2) is 10.2 Å². The molecule has 40 heavy (non-hydrogen) atoms. The monoisotopic (exact) mass is 584 g/mol. The number of carbonyl (C=O) groups excluding carboxylic acids is 2. The smallest absolute Gasteiger partial charge is 0.406 e. The van der Waals surface area contributed by atoms with E-state index in [1.54, 1.807) is 18.3 Å². The Morgan fingerprint density at radius 1 is 1.23 bits per heavy atom. The molecule has 0 aliphatic carbocycles. The van der Waals surface area contributed by atoms with Gasteiger partial charge in [0, 0.05) is 36.7 Å². The molecule has 1 aliphatic heterocycles. The summed E-state index contributed by atoms with van der Waals surface area (Å²) in [6.45, 7) is -0.0632. The van der Waals surface area contributed by atoms with Crippen LogP contribution in [0.15, 0.2) is 59.6 Å².